The quantitative estimate of drug-likeness (QED) is 0.650. The van der Waals surface area contributed by atoms with Crippen LogP contribution < -0.4 is 0 Å². The predicted molar refractivity (Wildman–Crippen MR) is 47.5 cm³/mol. The van der Waals surface area contributed by atoms with Crippen LogP contribution in [0.25, 0.3) is 0 Å². The third kappa shape index (κ3) is 2.47. The van der Waals surface area contributed by atoms with Crippen molar-refractivity contribution in [1.82, 2.24) is 0 Å². The molecule has 0 bridgehead atoms. The van der Waals surface area contributed by atoms with Crippen molar-refractivity contribution in [3.05, 3.63) is 0 Å². The van der Waals surface area contributed by atoms with Gasteiger partial charge < -0.3 is 14.3 Å². The third-order valence-electron chi connectivity index (χ3n) is 2.37. The Bertz CT molecular complexity index is 131. The summed E-state index contributed by atoms with van der Waals surface area (Å²) >= 11 is 0. The highest BCUT2D eigenvalue weighted by atomic mass is 16.7. The standard InChI is InChI=1S/C8H17BO3/c1-3-5-8-7(4-2)6-11-9(10)12-8/h7-8,10H,3-6H2,1-2H3. The summed E-state index contributed by atoms with van der Waals surface area (Å²) in [4.78, 5) is 0. The molecule has 1 fully saturated rings. The average Bonchev–Trinajstić information content (AvgIpc) is 2.05. The van der Waals surface area contributed by atoms with Gasteiger partial charge in [-0.25, -0.2) is 0 Å². The molecule has 70 valence electrons. The van der Waals surface area contributed by atoms with E-state index in [1.54, 1.807) is 0 Å². The van der Waals surface area contributed by atoms with Crippen LogP contribution in [0.3, 0.4) is 0 Å². The average molecular weight is 172 g/mol. The maximum Gasteiger partial charge on any atom is 0.636 e. The fraction of sp³-hybridized carbons (Fsp3) is 1.00. The van der Waals surface area contributed by atoms with Gasteiger partial charge in [0, 0.05) is 12.5 Å². The molecule has 12 heavy (non-hydrogen) atoms. The van der Waals surface area contributed by atoms with Crippen molar-refractivity contribution in [3.8, 4) is 0 Å². The van der Waals surface area contributed by atoms with Crippen LogP contribution >= 0.6 is 0 Å². The van der Waals surface area contributed by atoms with E-state index in [-0.39, 0.29) is 6.10 Å². The van der Waals surface area contributed by atoms with Gasteiger partial charge in [-0.05, 0) is 12.8 Å². The Labute approximate surface area is 74.2 Å². The van der Waals surface area contributed by atoms with Gasteiger partial charge in [-0.2, -0.15) is 0 Å². The molecule has 1 rings (SSSR count). The van der Waals surface area contributed by atoms with Crippen molar-refractivity contribution in [3.63, 3.8) is 0 Å². The lowest BCUT2D eigenvalue weighted by atomic mass is 9.93. The fourth-order valence-electron chi connectivity index (χ4n) is 1.58. The van der Waals surface area contributed by atoms with Gasteiger partial charge in [0.2, 0.25) is 0 Å². The van der Waals surface area contributed by atoms with Crippen molar-refractivity contribution in [2.75, 3.05) is 6.61 Å². The molecule has 2 unspecified atom stereocenters. The zero-order valence-electron chi connectivity index (χ0n) is 7.82. The zero-order chi connectivity index (χ0) is 8.97. The molecule has 1 heterocycles. The molecule has 1 aliphatic rings. The Morgan fingerprint density at radius 3 is 2.83 bits per heavy atom. The summed E-state index contributed by atoms with van der Waals surface area (Å²) in [7, 11) is -0.996. The highest BCUT2D eigenvalue weighted by Gasteiger charge is 2.33. The topological polar surface area (TPSA) is 38.7 Å². The van der Waals surface area contributed by atoms with Crippen LogP contribution in [-0.2, 0) is 9.31 Å². The first-order valence-electron chi connectivity index (χ1n) is 4.73. The minimum Gasteiger partial charge on any atom is -0.402 e. The molecule has 0 aromatic heterocycles. The SMILES string of the molecule is CCCC1OB(O)OCC1CC. The molecular weight excluding hydrogens is 155 g/mol. The maximum absolute atomic E-state index is 9.08. The number of hydrogen-bond acceptors (Lipinski definition) is 3. The first kappa shape index (κ1) is 10.0. The van der Waals surface area contributed by atoms with E-state index in [9.17, 15) is 0 Å². The van der Waals surface area contributed by atoms with Crippen LogP contribution in [0.2, 0.25) is 0 Å². The van der Waals surface area contributed by atoms with Crippen molar-refractivity contribution in [2.45, 2.75) is 39.2 Å². The second kappa shape index (κ2) is 4.85. The van der Waals surface area contributed by atoms with Gasteiger partial charge in [0.05, 0.1) is 6.10 Å². The van der Waals surface area contributed by atoms with Crippen molar-refractivity contribution < 1.29 is 14.3 Å². The van der Waals surface area contributed by atoms with Crippen LogP contribution in [0.15, 0.2) is 0 Å². The Hall–Kier alpha value is -0.0551. The summed E-state index contributed by atoms with van der Waals surface area (Å²) in [6, 6.07) is 0. The summed E-state index contributed by atoms with van der Waals surface area (Å²) in [5, 5.41) is 9.08. The highest BCUT2D eigenvalue weighted by Crippen LogP contribution is 2.22. The highest BCUT2D eigenvalue weighted by molar-refractivity contribution is 6.34. The Morgan fingerprint density at radius 1 is 1.50 bits per heavy atom. The van der Waals surface area contributed by atoms with Crippen molar-refractivity contribution in [2.24, 2.45) is 5.92 Å². The van der Waals surface area contributed by atoms with E-state index in [2.05, 4.69) is 13.8 Å². The predicted octanol–water partition coefficient (Wildman–Crippen LogP) is 1.21. The molecule has 3 nitrogen and oxygen atoms in total. The largest absolute Gasteiger partial charge is 0.636 e. The number of hydrogen-bond donors (Lipinski definition) is 1. The van der Waals surface area contributed by atoms with Crippen LogP contribution in [0.1, 0.15) is 33.1 Å². The van der Waals surface area contributed by atoms with Crippen LogP contribution in [0.4, 0.5) is 0 Å². The molecule has 0 aliphatic carbocycles. The van der Waals surface area contributed by atoms with Gasteiger partial charge in [-0.15, -0.1) is 0 Å². The summed E-state index contributed by atoms with van der Waals surface area (Å²) in [6.07, 6.45) is 3.34. The number of rotatable bonds is 3. The van der Waals surface area contributed by atoms with Crippen LogP contribution in [0, 0.1) is 5.92 Å². The lowest BCUT2D eigenvalue weighted by Crippen LogP contribution is -2.42. The Morgan fingerprint density at radius 2 is 2.25 bits per heavy atom. The molecule has 1 N–H and O–H groups in total. The second-order valence-corrected chi connectivity index (χ2v) is 3.27. The van der Waals surface area contributed by atoms with Gasteiger partial charge >= 0.3 is 7.32 Å². The molecule has 4 heteroatoms. The van der Waals surface area contributed by atoms with Crippen molar-refractivity contribution >= 4 is 7.32 Å². The molecule has 0 saturated carbocycles. The summed E-state index contributed by atoms with van der Waals surface area (Å²) in [6.45, 7) is 4.87. The zero-order valence-corrected chi connectivity index (χ0v) is 7.82. The molecule has 2 atom stereocenters. The second-order valence-electron chi connectivity index (χ2n) is 3.27. The third-order valence-corrected chi connectivity index (χ3v) is 2.37. The van der Waals surface area contributed by atoms with Gasteiger partial charge in [0.1, 0.15) is 0 Å². The van der Waals surface area contributed by atoms with Crippen molar-refractivity contribution in [1.29, 1.82) is 0 Å². The van der Waals surface area contributed by atoms with E-state index in [1.807, 2.05) is 0 Å². The first-order valence-corrected chi connectivity index (χ1v) is 4.73. The molecule has 0 amide bonds. The molecule has 0 aromatic rings. The van der Waals surface area contributed by atoms with E-state index < -0.39 is 7.32 Å². The minimum absolute atomic E-state index is 0.184. The molecule has 0 spiro atoms. The van der Waals surface area contributed by atoms with Gasteiger partial charge in [-0.1, -0.05) is 20.3 Å². The lowest BCUT2D eigenvalue weighted by Gasteiger charge is -2.32. The van der Waals surface area contributed by atoms with Crippen LogP contribution in [0.5, 0.6) is 0 Å². The van der Waals surface area contributed by atoms with E-state index in [0.717, 1.165) is 19.3 Å². The van der Waals surface area contributed by atoms with E-state index in [0.29, 0.717) is 12.5 Å². The smallest absolute Gasteiger partial charge is 0.402 e. The lowest BCUT2D eigenvalue weighted by molar-refractivity contribution is -0.0239. The molecule has 0 aromatic carbocycles. The van der Waals surface area contributed by atoms with E-state index in [1.165, 1.54) is 0 Å². The normalized spacial score (nSPS) is 30.8. The summed E-state index contributed by atoms with van der Waals surface area (Å²) in [5.41, 5.74) is 0. The molecule has 1 saturated heterocycles. The first-order chi connectivity index (χ1) is 5.77. The van der Waals surface area contributed by atoms with Gasteiger partial charge in [0.25, 0.3) is 0 Å². The molecule has 0 radical (unpaired) electrons. The summed E-state index contributed by atoms with van der Waals surface area (Å²) < 4.78 is 10.3. The molecular formula is C8H17BO3. The maximum atomic E-state index is 9.08. The Balaban J connectivity index is 2.40. The monoisotopic (exact) mass is 172 g/mol. The summed E-state index contributed by atoms with van der Waals surface area (Å²) in [5.74, 6) is 0.452. The van der Waals surface area contributed by atoms with E-state index in [4.69, 9.17) is 14.3 Å². The van der Waals surface area contributed by atoms with Crippen LogP contribution in [-0.4, -0.2) is 25.1 Å². The molecule has 1 aliphatic heterocycles. The fourth-order valence-corrected chi connectivity index (χ4v) is 1.58. The van der Waals surface area contributed by atoms with Gasteiger partial charge in [-0.3, -0.25) is 0 Å². The van der Waals surface area contributed by atoms with E-state index >= 15 is 0 Å². The Kier molecular flexibility index (Phi) is 4.05. The van der Waals surface area contributed by atoms with Gasteiger partial charge in [0.15, 0.2) is 0 Å². The minimum atomic E-state index is -0.996.